The van der Waals surface area contributed by atoms with Crippen molar-refractivity contribution in [3.05, 3.63) is 0 Å². The van der Waals surface area contributed by atoms with E-state index < -0.39 is 0 Å². The maximum Gasteiger partial charge on any atom is 0.246 e. The minimum Gasteiger partial charge on any atom is -0.369 e. The Morgan fingerprint density at radius 1 is 1.38 bits per heavy atom. The van der Waals surface area contributed by atoms with Gasteiger partial charge < -0.3 is 10.1 Å². The van der Waals surface area contributed by atoms with Crippen LogP contribution in [-0.4, -0.2) is 30.5 Å². The zero-order valence-corrected chi connectivity index (χ0v) is 12.2. The second-order valence-corrected chi connectivity index (χ2v) is 5.09. The molecular formula is C12H24BrNO2. The zero-order chi connectivity index (χ0) is 12.4. The average Bonchev–Trinajstić information content (AvgIpc) is 2.23. The molecule has 0 aromatic rings. The smallest absolute Gasteiger partial charge is 0.246 e. The van der Waals surface area contributed by atoms with E-state index in [2.05, 4.69) is 28.2 Å². The van der Waals surface area contributed by atoms with Gasteiger partial charge in [0.2, 0.25) is 5.91 Å². The van der Waals surface area contributed by atoms with Gasteiger partial charge in [-0.05, 0) is 32.6 Å². The van der Waals surface area contributed by atoms with E-state index in [1.54, 1.807) is 0 Å². The van der Waals surface area contributed by atoms with Gasteiger partial charge in [0.05, 0.1) is 6.10 Å². The van der Waals surface area contributed by atoms with Crippen LogP contribution in [0.1, 0.15) is 40.0 Å². The second kappa shape index (κ2) is 10.1. The Morgan fingerprint density at radius 2 is 2.06 bits per heavy atom. The molecule has 0 aromatic carbocycles. The summed E-state index contributed by atoms with van der Waals surface area (Å²) in [5.41, 5.74) is 0. The predicted molar refractivity (Wildman–Crippen MR) is 70.9 cm³/mol. The van der Waals surface area contributed by atoms with Gasteiger partial charge in [0.15, 0.2) is 0 Å². The lowest BCUT2D eigenvalue weighted by atomic mass is 10.0. The first-order chi connectivity index (χ1) is 7.60. The van der Waals surface area contributed by atoms with Crippen molar-refractivity contribution in [2.75, 3.05) is 18.5 Å². The molecule has 0 spiro atoms. The monoisotopic (exact) mass is 293 g/mol. The Morgan fingerprint density at radius 3 is 2.56 bits per heavy atom. The zero-order valence-electron chi connectivity index (χ0n) is 10.6. The van der Waals surface area contributed by atoms with Gasteiger partial charge in [-0.3, -0.25) is 4.79 Å². The number of hydrogen-bond donors (Lipinski definition) is 1. The van der Waals surface area contributed by atoms with E-state index in [1.807, 2.05) is 13.8 Å². The number of ether oxygens (including phenoxy) is 1. The molecule has 0 radical (unpaired) electrons. The van der Waals surface area contributed by atoms with E-state index >= 15 is 0 Å². The van der Waals surface area contributed by atoms with E-state index in [1.165, 1.54) is 0 Å². The SMILES string of the molecule is CCCC(CCBr)CNC(=O)COC(C)C. The maximum absolute atomic E-state index is 11.4. The Labute approximate surface area is 107 Å². The van der Waals surface area contributed by atoms with Crippen LogP contribution >= 0.6 is 15.9 Å². The van der Waals surface area contributed by atoms with Crippen LogP contribution in [0.5, 0.6) is 0 Å². The highest BCUT2D eigenvalue weighted by Crippen LogP contribution is 2.11. The molecule has 16 heavy (non-hydrogen) atoms. The Bertz CT molecular complexity index is 180. The third-order valence-corrected chi connectivity index (χ3v) is 2.81. The first kappa shape index (κ1) is 15.9. The molecular weight excluding hydrogens is 270 g/mol. The van der Waals surface area contributed by atoms with Gasteiger partial charge in [-0.1, -0.05) is 29.3 Å². The molecule has 0 saturated carbocycles. The quantitative estimate of drug-likeness (QED) is 0.664. The molecule has 1 atom stereocenters. The summed E-state index contributed by atoms with van der Waals surface area (Å²) >= 11 is 3.44. The number of alkyl halides is 1. The fourth-order valence-electron chi connectivity index (χ4n) is 1.46. The van der Waals surface area contributed by atoms with E-state index in [0.29, 0.717) is 5.92 Å². The Balaban J connectivity index is 3.68. The third kappa shape index (κ3) is 9.16. The van der Waals surface area contributed by atoms with E-state index in [-0.39, 0.29) is 18.6 Å². The largest absolute Gasteiger partial charge is 0.369 e. The second-order valence-electron chi connectivity index (χ2n) is 4.30. The van der Waals surface area contributed by atoms with Gasteiger partial charge in [-0.25, -0.2) is 0 Å². The van der Waals surface area contributed by atoms with Crippen molar-refractivity contribution >= 4 is 21.8 Å². The van der Waals surface area contributed by atoms with Crippen molar-refractivity contribution in [2.24, 2.45) is 5.92 Å². The summed E-state index contributed by atoms with van der Waals surface area (Å²) in [5, 5.41) is 3.92. The van der Waals surface area contributed by atoms with Crippen LogP contribution in [-0.2, 0) is 9.53 Å². The van der Waals surface area contributed by atoms with Gasteiger partial charge in [-0.15, -0.1) is 0 Å². The van der Waals surface area contributed by atoms with Crippen LogP contribution in [0, 0.1) is 5.92 Å². The number of halogens is 1. The number of nitrogens with one attached hydrogen (secondary N) is 1. The van der Waals surface area contributed by atoms with Crippen LogP contribution in [0.15, 0.2) is 0 Å². The average molecular weight is 294 g/mol. The molecule has 0 aliphatic rings. The van der Waals surface area contributed by atoms with E-state index in [4.69, 9.17) is 4.74 Å². The van der Waals surface area contributed by atoms with Gasteiger partial charge in [0.25, 0.3) is 0 Å². The highest BCUT2D eigenvalue weighted by atomic mass is 79.9. The van der Waals surface area contributed by atoms with Crippen LogP contribution in [0.3, 0.4) is 0 Å². The summed E-state index contributed by atoms with van der Waals surface area (Å²) in [6.45, 7) is 6.96. The van der Waals surface area contributed by atoms with Crippen molar-refractivity contribution in [1.29, 1.82) is 0 Å². The molecule has 0 fully saturated rings. The minimum atomic E-state index is -0.00984. The van der Waals surface area contributed by atoms with E-state index in [9.17, 15) is 4.79 Å². The molecule has 1 N–H and O–H groups in total. The van der Waals surface area contributed by atoms with Gasteiger partial charge >= 0.3 is 0 Å². The fourth-order valence-corrected chi connectivity index (χ4v) is 2.11. The normalized spacial score (nSPS) is 12.8. The topological polar surface area (TPSA) is 38.3 Å². The van der Waals surface area contributed by atoms with Gasteiger partial charge in [-0.2, -0.15) is 0 Å². The molecule has 96 valence electrons. The van der Waals surface area contributed by atoms with Crippen LogP contribution in [0.4, 0.5) is 0 Å². The number of hydrogen-bond acceptors (Lipinski definition) is 2. The Kier molecular flexibility index (Phi) is 10.0. The highest BCUT2D eigenvalue weighted by molar-refractivity contribution is 9.09. The summed E-state index contributed by atoms with van der Waals surface area (Å²) in [6.07, 6.45) is 3.55. The molecule has 3 nitrogen and oxygen atoms in total. The Hall–Kier alpha value is -0.0900. The molecule has 0 aromatic heterocycles. The summed E-state index contributed by atoms with van der Waals surface area (Å²) < 4.78 is 5.23. The molecule has 0 bridgehead atoms. The van der Waals surface area contributed by atoms with Crippen LogP contribution in [0.2, 0.25) is 0 Å². The van der Waals surface area contributed by atoms with Gasteiger partial charge in [0.1, 0.15) is 6.61 Å². The summed E-state index contributed by atoms with van der Waals surface area (Å²) in [4.78, 5) is 11.4. The third-order valence-electron chi connectivity index (χ3n) is 2.35. The molecule has 0 rings (SSSR count). The predicted octanol–water partition coefficient (Wildman–Crippen LogP) is 2.73. The maximum atomic E-state index is 11.4. The lowest BCUT2D eigenvalue weighted by Crippen LogP contribution is -2.33. The number of rotatable bonds is 9. The molecule has 0 aliphatic carbocycles. The van der Waals surface area contributed by atoms with Crippen LogP contribution in [0.25, 0.3) is 0 Å². The number of carbonyl (C=O) groups is 1. The minimum absolute atomic E-state index is 0.00984. The van der Waals surface area contributed by atoms with Crippen molar-refractivity contribution in [3.8, 4) is 0 Å². The highest BCUT2D eigenvalue weighted by Gasteiger charge is 2.09. The van der Waals surface area contributed by atoms with Crippen LogP contribution < -0.4 is 5.32 Å². The summed E-state index contributed by atoms with van der Waals surface area (Å²) in [5.74, 6) is 0.566. The molecule has 1 unspecified atom stereocenters. The molecule has 4 heteroatoms. The number of amides is 1. The molecule has 0 aliphatic heterocycles. The van der Waals surface area contributed by atoms with Crippen molar-refractivity contribution in [2.45, 2.75) is 46.1 Å². The summed E-state index contributed by atoms with van der Waals surface area (Å²) in [6, 6.07) is 0. The standard InChI is InChI=1S/C12H24BrNO2/c1-4-5-11(6-7-13)8-14-12(15)9-16-10(2)3/h10-11H,4-9H2,1-3H3,(H,14,15). The molecule has 0 saturated heterocycles. The lowest BCUT2D eigenvalue weighted by Gasteiger charge is -2.16. The molecule has 0 heterocycles. The van der Waals surface area contributed by atoms with Gasteiger partial charge in [0, 0.05) is 11.9 Å². The first-order valence-electron chi connectivity index (χ1n) is 6.04. The lowest BCUT2D eigenvalue weighted by molar-refractivity contribution is -0.127. The van der Waals surface area contributed by atoms with Crippen molar-refractivity contribution in [3.63, 3.8) is 0 Å². The van der Waals surface area contributed by atoms with Crippen molar-refractivity contribution in [1.82, 2.24) is 5.32 Å². The first-order valence-corrected chi connectivity index (χ1v) is 7.16. The number of carbonyl (C=O) groups excluding carboxylic acids is 1. The van der Waals surface area contributed by atoms with E-state index in [0.717, 1.165) is 31.1 Å². The molecule has 1 amide bonds. The summed E-state index contributed by atoms with van der Waals surface area (Å²) in [7, 11) is 0. The fraction of sp³-hybridized carbons (Fsp3) is 0.917. The van der Waals surface area contributed by atoms with Crippen molar-refractivity contribution < 1.29 is 9.53 Å².